The topological polar surface area (TPSA) is 45.8 Å². The number of carbonyl (C=O) groups is 1. The fourth-order valence-electron chi connectivity index (χ4n) is 0.920. The van der Waals surface area contributed by atoms with Gasteiger partial charge in [-0.05, 0) is 11.4 Å². The molecular formula is C8H6N2OS. The van der Waals surface area contributed by atoms with Crippen molar-refractivity contribution in [1.29, 1.82) is 0 Å². The average molecular weight is 178 g/mol. The number of carbonyl (C=O) groups excluding carboxylic acids is 1. The smallest absolute Gasteiger partial charge is 0.229 e. The van der Waals surface area contributed by atoms with E-state index in [0.717, 1.165) is 0 Å². The third-order valence-corrected chi connectivity index (χ3v) is 2.18. The van der Waals surface area contributed by atoms with Crippen LogP contribution >= 0.6 is 11.3 Å². The van der Waals surface area contributed by atoms with Gasteiger partial charge in [-0.3, -0.25) is 4.79 Å². The van der Waals surface area contributed by atoms with Crippen molar-refractivity contribution in [2.45, 2.75) is 0 Å². The number of nitrogens with zero attached hydrogens (tertiary/aromatic N) is 1. The van der Waals surface area contributed by atoms with E-state index in [0.29, 0.717) is 11.4 Å². The summed E-state index contributed by atoms with van der Waals surface area (Å²) in [6, 6.07) is 1.79. The Morgan fingerprint density at radius 1 is 1.58 bits per heavy atom. The molecule has 0 bridgehead atoms. The van der Waals surface area contributed by atoms with Gasteiger partial charge in [-0.25, -0.2) is 4.98 Å². The highest BCUT2D eigenvalue weighted by atomic mass is 32.1. The van der Waals surface area contributed by atoms with E-state index in [-0.39, 0.29) is 5.78 Å². The van der Waals surface area contributed by atoms with Gasteiger partial charge in [0.1, 0.15) is 0 Å². The van der Waals surface area contributed by atoms with Crippen molar-refractivity contribution in [2.75, 3.05) is 0 Å². The third-order valence-electron chi connectivity index (χ3n) is 1.50. The highest BCUT2D eigenvalue weighted by molar-refractivity contribution is 7.08. The Bertz CT molecular complexity index is 327. The molecule has 3 nitrogen and oxygen atoms in total. The van der Waals surface area contributed by atoms with E-state index >= 15 is 0 Å². The number of aromatic nitrogens is 2. The molecule has 0 aliphatic rings. The first-order valence-electron chi connectivity index (χ1n) is 3.44. The molecule has 0 spiro atoms. The van der Waals surface area contributed by atoms with Gasteiger partial charge in [-0.1, -0.05) is 0 Å². The number of hydrogen-bond donors (Lipinski definition) is 1. The maximum atomic E-state index is 11.5. The van der Waals surface area contributed by atoms with Gasteiger partial charge >= 0.3 is 0 Å². The highest BCUT2D eigenvalue weighted by Gasteiger charge is 2.10. The van der Waals surface area contributed by atoms with Crippen LogP contribution in [-0.4, -0.2) is 15.8 Å². The Hall–Kier alpha value is -1.42. The zero-order valence-electron chi connectivity index (χ0n) is 6.15. The van der Waals surface area contributed by atoms with Crippen molar-refractivity contribution in [3.8, 4) is 0 Å². The number of H-pyrrole nitrogens is 1. The molecule has 0 fully saturated rings. The number of nitrogens with one attached hydrogen (secondary N) is 1. The van der Waals surface area contributed by atoms with Crippen LogP contribution in [0.15, 0.2) is 29.2 Å². The van der Waals surface area contributed by atoms with E-state index in [1.54, 1.807) is 18.5 Å². The second kappa shape index (κ2) is 2.91. The summed E-state index contributed by atoms with van der Waals surface area (Å²) in [7, 11) is 0. The first-order valence-corrected chi connectivity index (χ1v) is 4.38. The SMILES string of the molecule is O=C(c1ccsc1)c1ncc[nH]1. The van der Waals surface area contributed by atoms with E-state index in [1.807, 2.05) is 10.8 Å². The molecule has 60 valence electrons. The number of ketones is 1. The molecule has 0 atom stereocenters. The minimum atomic E-state index is -0.0544. The number of rotatable bonds is 2. The first-order chi connectivity index (χ1) is 5.88. The number of thiophene rings is 1. The lowest BCUT2D eigenvalue weighted by Crippen LogP contribution is -2.01. The number of hydrogen-bond acceptors (Lipinski definition) is 3. The molecule has 4 heteroatoms. The van der Waals surface area contributed by atoms with E-state index in [9.17, 15) is 4.79 Å². The summed E-state index contributed by atoms with van der Waals surface area (Å²) in [5, 5.41) is 3.68. The van der Waals surface area contributed by atoms with Gasteiger partial charge in [-0.15, -0.1) is 0 Å². The molecule has 0 aliphatic carbocycles. The van der Waals surface area contributed by atoms with Gasteiger partial charge in [0.05, 0.1) is 0 Å². The summed E-state index contributed by atoms with van der Waals surface area (Å²) in [6.45, 7) is 0. The lowest BCUT2D eigenvalue weighted by atomic mass is 10.2. The molecule has 0 aromatic carbocycles. The van der Waals surface area contributed by atoms with Crippen LogP contribution < -0.4 is 0 Å². The van der Waals surface area contributed by atoms with Crippen molar-refractivity contribution >= 4 is 17.1 Å². The lowest BCUT2D eigenvalue weighted by molar-refractivity contribution is 0.103. The highest BCUT2D eigenvalue weighted by Crippen LogP contribution is 2.09. The molecule has 2 aromatic rings. The van der Waals surface area contributed by atoms with Gasteiger partial charge in [0.25, 0.3) is 0 Å². The number of aromatic amines is 1. The van der Waals surface area contributed by atoms with Gasteiger partial charge in [-0.2, -0.15) is 11.3 Å². The second-order valence-electron chi connectivity index (χ2n) is 2.28. The van der Waals surface area contributed by atoms with Crippen LogP contribution in [0.2, 0.25) is 0 Å². The molecule has 0 aliphatic heterocycles. The summed E-state index contributed by atoms with van der Waals surface area (Å²) >= 11 is 1.50. The third kappa shape index (κ3) is 1.16. The molecule has 0 saturated heterocycles. The summed E-state index contributed by atoms with van der Waals surface area (Å²) < 4.78 is 0. The Balaban J connectivity index is 2.34. The lowest BCUT2D eigenvalue weighted by Gasteiger charge is -1.89. The Morgan fingerprint density at radius 3 is 3.08 bits per heavy atom. The largest absolute Gasteiger partial charge is 0.342 e. The van der Waals surface area contributed by atoms with Crippen molar-refractivity contribution in [3.05, 3.63) is 40.6 Å². The fraction of sp³-hybridized carbons (Fsp3) is 0. The van der Waals surface area contributed by atoms with E-state index in [1.165, 1.54) is 11.3 Å². The molecule has 2 heterocycles. The summed E-state index contributed by atoms with van der Waals surface area (Å²) in [5.41, 5.74) is 0.690. The fourth-order valence-corrected chi connectivity index (χ4v) is 1.56. The predicted octanol–water partition coefficient (Wildman–Crippen LogP) is 1.70. The minimum absolute atomic E-state index is 0.0544. The van der Waals surface area contributed by atoms with E-state index in [2.05, 4.69) is 9.97 Å². The Morgan fingerprint density at radius 2 is 2.50 bits per heavy atom. The molecule has 0 saturated carbocycles. The van der Waals surface area contributed by atoms with Crippen LogP contribution in [0.4, 0.5) is 0 Å². The summed E-state index contributed by atoms with van der Waals surface area (Å²) in [4.78, 5) is 18.1. The summed E-state index contributed by atoms with van der Waals surface area (Å²) in [5.74, 6) is 0.342. The quantitative estimate of drug-likeness (QED) is 0.711. The van der Waals surface area contributed by atoms with Crippen LogP contribution in [-0.2, 0) is 0 Å². The maximum Gasteiger partial charge on any atom is 0.229 e. The molecule has 0 amide bonds. The molecule has 0 radical (unpaired) electrons. The van der Waals surface area contributed by atoms with Gasteiger partial charge in [0, 0.05) is 23.3 Å². The molecule has 12 heavy (non-hydrogen) atoms. The zero-order valence-corrected chi connectivity index (χ0v) is 6.97. The second-order valence-corrected chi connectivity index (χ2v) is 3.06. The van der Waals surface area contributed by atoms with Crippen LogP contribution in [0.3, 0.4) is 0 Å². The Kier molecular flexibility index (Phi) is 1.75. The molecule has 2 rings (SSSR count). The zero-order chi connectivity index (χ0) is 8.39. The van der Waals surface area contributed by atoms with Crippen LogP contribution in [0, 0.1) is 0 Å². The van der Waals surface area contributed by atoms with Crippen molar-refractivity contribution in [2.24, 2.45) is 0 Å². The first kappa shape index (κ1) is 7.24. The standard InChI is InChI=1S/C8H6N2OS/c11-7(6-1-4-12-5-6)8-9-2-3-10-8/h1-5H,(H,9,10). The van der Waals surface area contributed by atoms with Gasteiger partial charge in [0.15, 0.2) is 5.82 Å². The predicted molar refractivity (Wildman–Crippen MR) is 46.3 cm³/mol. The number of imidazole rings is 1. The van der Waals surface area contributed by atoms with Crippen molar-refractivity contribution < 1.29 is 4.79 Å². The Labute approximate surface area is 73.1 Å². The minimum Gasteiger partial charge on any atom is -0.342 e. The monoisotopic (exact) mass is 178 g/mol. The normalized spacial score (nSPS) is 10.0. The van der Waals surface area contributed by atoms with E-state index < -0.39 is 0 Å². The average Bonchev–Trinajstić information content (AvgIpc) is 2.77. The maximum absolute atomic E-state index is 11.5. The van der Waals surface area contributed by atoms with Gasteiger partial charge < -0.3 is 4.98 Å². The van der Waals surface area contributed by atoms with E-state index in [4.69, 9.17) is 0 Å². The van der Waals surface area contributed by atoms with Crippen molar-refractivity contribution in [3.63, 3.8) is 0 Å². The molecule has 1 N–H and O–H groups in total. The molecular weight excluding hydrogens is 172 g/mol. The van der Waals surface area contributed by atoms with Crippen LogP contribution in [0.5, 0.6) is 0 Å². The van der Waals surface area contributed by atoms with Gasteiger partial charge in [0.2, 0.25) is 5.78 Å². The molecule has 0 unspecified atom stereocenters. The molecule has 2 aromatic heterocycles. The summed E-state index contributed by atoms with van der Waals surface area (Å²) in [6.07, 6.45) is 3.21. The van der Waals surface area contributed by atoms with Crippen LogP contribution in [0.25, 0.3) is 0 Å². The van der Waals surface area contributed by atoms with Crippen LogP contribution in [0.1, 0.15) is 16.2 Å². The van der Waals surface area contributed by atoms with Crippen molar-refractivity contribution in [1.82, 2.24) is 9.97 Å².